The predicted molar refractivity (Wildman–Crippen MR) is 102 cm³/mol. The van der Waals surface area contributed by atoms with Crippen molar-refractivity contribution in [3.8, 4) is 5.75 Å². The van der Waals surface area contributed by atoms with Crippen molar-refractivity contribution >= 4 is 38.9 Å². The Bertz CT molecular complexity index is 1310. The van der Waals surface area contributed by atoms with E-state index < -0.39 is 21.3 Å². The van der Waals surface area contributed by atoms with Gasteiger partial charge in [-0.05, 0) is 24.3 Å². The minimum absolute atomic E-state index is 0.0259. The van der Waals surface area contributed by atoms with Gasteiger partial charge in [0.1, 0.15) is 28.1 Å². The summed E-state index contributed by atoms with van der Waals surface area (Å²) in [4.78, 5) is 28.0. The lowest BCUT2D eigenvalue weighted by Crippen LogP contribution is -2.33. The van der Waals surface area contributed by atoms with Crippen LogP contribution in [0, 0.1) is 0 Å². The quantitative estimate of drug-likeness (QED) is 0.633. The lowest BCUT2D eigenvalue weighted by Gasteiger charge is -2.20. The first-order valence-corrected chi connectivity index (χ1v) is 9.73. The number of hydrogen-bond acceptors (Lipinski definition) is 7. The van der Waals surface area contributed by atoms with Crippen LogP contribution in [0.3, 0.4) is 0 Å². The third kappa shape index (κ3) is 2.74. The van der Waals surface area contributed by atoms with Crippen LogP contribution >= 0.6 is 0 Å². The van der Waals surface area contributed by atoms with Crippen LogP contribution in [0.15, 0.2) is 56.7 Å². The van der Waals surface area contributed by atoms with Crippen molar-refractivity contribution in [3.63, 3.8) is 0 Å². The Morgan fingerprint density at radius 3 is 2.75 bits per heavy atom. The average molecular weight is 398 g/mol. The van der Waals surface area contributed by atoms with E-state index in [1.165, 1.54) is 22.9 Å². The maximum absolute atomic E-state index is 13.1. The van der Waals surface area contributed by atoms with Gasteiger partial charge in [0.2, 0.25) is 0 Å². The topological polar surface area (TPSA) is 131 Å². The summed E-state index contributed by atoms with van der Waals surface area (Å²) >= 11 is 0. The second kappa shape index (κ2) is 6.57. The lowest BCUT2D eigenvalue weighted by atomic mass is 10.1. The Balaban J connectivity index is 2.01. The van der Waals surface area contributed by atoms with Gasteiger partial charge in [-0.2, -0.15) is 8.42 Å². The summed E-state index contributed by atoms with van der Waals surface area (Å²) in [5.41, 5.74) is -0.567. The highest BCUT2D eigenvalue weighted by molar-refractivity contribution is 7.90. The van der Waals surface area contributed by atoms with Gasteiger partial charge >= 0.3 is 0 Å². The molecule has 2 aromatic heterocycles. The van der Waals surface area contributed by atoms with Gasteiger partial charge in [0, 0.05) is 19.2 Å². The molecule has 2 N–H and O–H groups in total. The monoisotopic (exact) mass is 398 g/mol. The molecule has 0 atom stereocenters. The van der Waals surface area contributed by atoms with Crippen LogP contribution in [0.2, 0.25) is 0 Å². The normalized spacial score (nSPS) is 14.8. The van der Waals surface area contributed by atoms with E-state index >= 15 is 0 Å². The van der Waals surface area contributed by atoms with Crippen LogP contribution in [0.4, 0.5) is 5.69 Å². The van der Waals surface area contributed by atoms with Crippen molar-refractivity contribution in [2.24, 2.45) is 4.40 Å². The number of amidine groups is 1. The standard InChI is InChI=1S/C18H14N4O5S/c23-10-4-9-22-17-11(5-3-8-19-17)15(24)14(18(22)25)16-20-12-6-1-2-7-13(12)28(26,27)21-16/h1-3,5-8,10,24H,4,9H2,(H,20,21). The maximum atomic E-state index is 13.1. The number of carbonyl (C=O) groups excluding carboxylic acids is 1. The fourth-order valence-corrected chi connectivity index (χ4v) is 4.21. The number of aromatic nitrogens is 2. The molecule has 0 saturated heterocycles. The highest BCUT2D eigenvalue weighted by Gasteiger charge is 2.29. The Hall–Kier alpha value is -3.53. The van der Waals surface area contributed by atoms with Gasteiger partial charge in [-0.1, -0.05) is 12.1 Å². The zero-order valence-electron chi connectivity index (χ0n) is 14.4. The van der Waals surface area contributed by atoms with E-state index in [1.807, 2.05) is 0 Å². The van der Waals surface area contributed by atoms with Crippen LogP contribution < -0.4 is 10.9 Å². The number of fused-ring (bicyclic) bond motifs is 2. The number of carbonyl (C=O) groups is 1. The van der Waals surface area contributed by atoms with Crippen molar-refractivity contribution in [2.75, 3.05) is 5.32 Å². The smallest absolute Gasteiger partial charge is 0.286 e. The van der Waals surface area contributed by atoms with Gasteiger partial charge in [0.15, 0.2) is 5.84 Å². The maximum Gasteiger partial charge on any atom is 0.286 e. The van der Waals surface area contributed by atoms with E-state index in [-0.39, 0.29) is 46.0 Å². The Kier molecular flexibility index (Phi) is 4.19. The number of rotatable bonds is 4. The molecule has 1 aromatic carbocycles. The number of hydrogen-bond donors (Lipinski definition) is 2. The minimum Gasteiger partial charge on any atom is -0.506 e. The largest absolute Gasteiger partial charge is 0.506 e. The van der Waals surface area contributed by atoms with Crippen molar-refractivity contribution in [2.45, 2.75) is 17.9 Å². The third-order valence-corrected chi connectivity index (χ3v) is 5.66. The van der Waals surface area contributed by atoms with Crippen molar-refractivity contribution in [1.29, 1.82) is 0 Å². The van der Waals surface area contributed by atoms with Crippen LogP contribution in [0.1, 0.15) is 12.0 Å². The molecule has 1 aliphatic heterocycles. The highest BCUT2D eigenvalue weighted by atomic mass is 32.2. The van der Waals surface area contributed by atoms with Crippen molar-refractivity contribution in [1.82, 2.24) is 9.55 Å². The molecule has 28 heavy (non-hydrogen) atoms. The number of pyridine rings is 2. The fraction of sp³-hybridized carbons (Fsp3) is 0.111. The number of para-hydroxylation sites is 1. The Labute approximate surface area is 159 Å². The summed E-state index contributed by atoms with van der Waals surface area (Å²) in [7, 11) is -4.06. The first kappa shape index (κ1) is 17.9. The molecule has 0 aliphatic carbocycles. The lowest BCUT2D eigenvalue weighted by molar-refractivity contribution is -0.108. The highest BCUT2D eigenvalue weighted by Crippen LogP contribution is 2.31. The number of aldehydes is 1. The molecule has 0 unspecified atom stereocenters. The summed E-state index contributed by atoms with van der Waals surface area (Å²) in [6.07, 6.45) is 2.16. The molecule has 0 spiro atoms. The van der Waals surface area contributed by atoms with Crippen LogP contribution in [-0.2, 0) is 21.4 Å². The van der Waals surface area contributed by atoms with Crippen LogP contribution in [0.5, 0.6) is 5.75 Å². The SMILES string of the molecule is O=CCCn1c(=O)c(C2=NS(=O)(=O)c3ccccc3N2)c(O)c2cccnc21. The summed E-state index contributed by atoms with van der Waals surface area (Å²) in [5.74, 6) is -0.719. The van der Waals surface area contributed by atoms with Gasteiger partial charge in [-0.25, -0.2) is 4.98 Å². The predicted octanol–water partition coefficient (Wildman–Crippen LogP) is 1.25. The number of nitrogens with zero attached hydrogens (tertiary/aromatic N) is 3. The molecule has 0 fully saturated rings. The van der Waals surface area contributed by atoms with Gasteiger partial charge < -0.3 is 15.2 Å². The van der Waals surface area contributed by atoms with E-state index in [0.717, 1.165) is 0 Å². The van der Waals surface area contributed by atoms with Gasteiger partial charge in [-0.15, -0.1) is 4.40 Å². The zero-order valence-corrected chi connectivity index (χ0v) is 15.2. The van der Waals surface area contributed by atoms with Gasteiger partial charge in [0.25, 0.3) is 15.6 Å². The molecule has 9 nitrogen and oxygen atoms in total. The number of benzene rings is 1. The summed E-state index contributed by atoms with van der Waals surface area (Å²) in [6, 6.07) is 9.24. The van der Waals surface area contributed by atoms with E-state index in [2.05, 4.69) is 14.7 Å². The van der Waals surface area contributed by atoms with Crippen molar-refractivity contribution in [3.05, 3.63) is 58.5 Å². The van der Waals surface area contributed by atoms with Gasteiger partial charge in [0.05, 0.1) is 11.1 Å². The summed E-state index contributed by atoms with van der Waals surface area (Å²) in [6.45, 7) is 0.0275. The summed E-state index contributed by atoms with van der Waals surface area (Å²) in [5, 5.41) is 13.8. The molecular formula is C18H14N4O5S. The first-order chi connectivity index (χ1) is 13.4. The number of anilines is 1. The van der Waals surface area contributed by atoms with E-state index in [9.17, 15) is 23.1 Å². The molecule has 3 aromatic rings. The Morgan fingerprint density at radius 2 is 1.96 bits per heavy atom. The second-order valence-electron chi connectivity index (χ2n) is 6.05. The molecule has 10 heteroatoms. The third-order valence-electron chi connectivity index (χ3n) is 4.33. The van der Waals surface area contributed by atoms with Gasteiger partial charge in [-0.3, -0.25) is 9.36 Å². The Morgan fingerprint density at radius 1 is 1.18 bits per heavy atom. The molecule has 142 valence electrons. The molecule has 0 bridgehead atoms. The molecule has 3 heterocycles. The molecule has 1 aliphatic rings. The van der Waals surface area contributed by atoms with Crippen LogP contribution in [-0.4, -0.2) is 35.2 Å². The van der Waals surface area contributed by atoms with E-state index in [0.29, 0.717) is 6.29 Å². The fourth-order valence-electron chi connectivity index (χ4n) is 3.09. The minimum atomic E-state index is -4.06. The average Bonchev–Trinajstić information content (AvgIpc) is 2.68. The van der Waals surface area contributed by atoms with E-state index in [1.54, 1.807) is 24.3 Å². The zero-order chi connectivity index (χ0) is 19.9. The number of aromatic hydroxyl groups is 1. The molecule has 0 saturated carbocycles. The summed E-state index contributed by atoms with van der Waals surface area (Å²) < 4.78 is 30.0. The number of nitrogens with one attached hydrogen (secondary N) is 1. The number of aryl methyl sites for hydroxylation is 1. The molecular weight excluding hydrogens is 384 g/mol. The first-order valence-electron chi connectivity index (χ1n) is 8.29. The molecule has 0 amide bonds. The van der Waals surface area contributed by atoms with Crippen LogP contribution in [0.25, 0.3) is 11.0 Å². The van der Waals surface area contributed by atoms with Crippen molar-refractivity contribution < 1.29 is 18.3 Å². The molecule has 4 rings (SSSR count). The second-order valence-corrected chi connectivity index (χ2v) is 7.62. The van der Waals surface area contributed by atoms with E-state index in [4.69, 9.17) is 0 Å². The number of sulfonamides is 1. The molecule has 0 radical (unpaired) electrons.